The van der Waals surface area contributed by atoms with E-state index < -0.39 is 31.0 Å². The van der Waals surface area contributed by atoms with Crippen LogP contribution in [0.25, 0.3) is 11.5 Å². The molecule has 158 valence electrons. The van der Waals surface area contributed by atoms with E-state index >= 15 is 0 Å². The smallest absolute Gasteiger partial charge is 0.282 e. The van der Waals surface area contributed by atoms with Crippen LogP contribution in [-0.2, 0) is 4.79 Å². The molecule has 29 heavy (non-hydrogen) atoms. The molecule has 0 bridgehead atoms. The Bertz CT molecular complexity index is 824. The number of amides is 2. The molecule has 0 saturated carbocycles. The molecule has 1 aromatic carbocycles. The number of carbonyl (C=O) groups excluding carboxylic acids is 2. The number of alkyl halides is 2. The highest BCUT2D eigenvalue weighted by atomic mass is 35.5. The molecule has 0 spiro atoms. The van der Waals surface area contributed by atoms with E-state index in [-0.39, 0.29) is 24.0 Å². The maximum Gasteiger partial charge on any atom is 0.282 e. The first kappa shape index (κ1) is 22.8. The number of nitrogens with one attached hydrogen (secondary N) is 1. The molecule has 1 atom stereocenters. The van der Waals surface area contributed by atoms with Crippen LogP contribution in [0, 0.1) is 0 Å². The minimum Gasteiger partial charge on any atom is -0.444 e. The predicted octanol–water partition coefficient (Wildman–Crippen LogP) is 2.47. The topological polar surface area (TPSA) is 101 Å². The van der Waals surface area contributed by atoms with E-state index in [1.54, 1.807) is 0 Å². The van der Waals surface area contributed by atoms with Crippen molar-refractivity contribution in [2.24, 2.45) is 5.73 Å². The number of aromatic nitrogens is 1. The van der Waals surface area contributed by atoms with E-state index in [0.29, 0.717) is 31.7 Å². The summed E-state index contributed by atoms with van der Waals surface area (Å²) in [7, 11) is 0. The fourth-order valence-electron chi connectivity index (χ4n) is 2.90. The number of hydrogen-bond acceptors (Lipinski definition) is 5. The molecule has 3 N–H and O–H groups in total. The number of likely N-dealkylation sites (tertiary alicyclic amines) is 1. The molecule has 0 aliphatic carbocycles. The van der Waals surface area contributed by atoms with E-state index in [1.165, 1.54) is 6.26 Å². The van der Waals surface area contributed by atoms with Crippen LogP contribution >= 0.6 is 12.4 Å². The van der Waals surface area contributed by atoms with Crippen LogP contribution in [0.3, 0.4) is 0 Å². The zero-order valence-electron chi connectivity index (χ0n) is 15.6. The first-order chi connectivity index (χ1) is 13.4. The van der Waals surface area contributed by atoms with Crippen LogP contribution < -0.4 is 11.1 Å². The SMILES string of the molecule is Cl.N[C@@H](CCCCNC(=O)c1coc(-c2ccccc2)n1)C(=O)N1CC(F)(F)C1. The van der Waals surface area contributed by atoms with Crippen molar-refractivity contribution in [2.75, 3.05) is 19.6 Å². The minimum atomic E-state index is -2.79. The van der Waals surface area contributed by atoms with Gasteiger partial charge >= 0.3 is 0 Å². The number of carbonyl (C=O) groups is 2. The second-order valence-corrected chi connectivity index (χ2v) is 6.81. The summed E-state index contributed by atoms with van der Waals surface area (Å²) in [5.41, 5.74) is 6.72. The summed E-state index contributed by atoms with van der Waals surface area (Å²) in [6.07, 6.45) is 2.87. The molecule has 3 rings (SSSR count). The number of unbranched alkanes of at least 4 members (excludes halogenated alkanes) is 1. The van der Waals surface area contributed by atoms with E-state index in [2.05, 4.69) is 10.3 Å². The third kappa shape index (κ3) is 5.98. The lowest BCUT2D eigenvalue weighted by Gasteiger charge is -2.39. The van der Waals surface area contributed by atoms with Gasteiger partial charge in [0.1, 0.15) is 6.26 Å². The Morgan fingerprint density at radius 3 is 2.59 bits per heavy atom. The Morgan fingerprint density at radius 1 is 1.24 bits per heavy atom. The number of oxazole rings is 1. The van der Waals surface area contributed by atoms with Crippen LogP contribution in [-0.4, -0.2) is 53.3 Å². The van der Waals surface area contributed by atoms with Crippen molar-refractivity contribution in [3.63, 3.8) is 0 Å². The van der Waals surface area contributed by atoms with Crippen molar-refractivity contribution in [3.05, 3.63) is 42.3 Å². The van der Waals surface area contributed by atoms with Gasteiger partial charge in [0.05, 0.1) is 19.1 Å². The highest BCUT2D eigenvalue weighted by Gasteiger charge is 2.46. The standard InChI is InChI=1S/C19H22F2N4O3.ClH/c20-19(21)11-25(12-19)18(27)14(22)8-4-5-9-23-16(26)15-10-28-17(24-15)13-6-2-1-3-7-13;/h1-3,6-7,10,14H,4-5,8-9,11-12,22H2,(H,23,26);1H/t14-;/m0./s1. The molecule has 1 saturated heterocycles. The van der Waals surface area contributed by atoms with Gasteiger partial charge in [0.2, 0.25) is 11.8 Å². The van der Waals surface area contributed by atoms with Gasteiger partial charge in [0, 0.05) is 12.1 Å². The summed E-state index contributed by atoms with van der Waals surface area (Å²) in [6, 6.07) is 8.44. The molecule has 10 heteroatoms. The van der Waals surface area contributed by atoms with Gasteiger partial charge < -0.3 is 20.4 Å². The van der Waals surface area contributed by atoms with E-state index in [0.717, 1.165) is 10.5 Å². The Kier molecular flexibility index (Phi) is 7.69. The predicted molar refractivity (Wildman–Crippen MR) is 105 cm³/mol. The van der Waals surface area contributed by atoms with Gasteiger partial charge in [0.25, 0.3) is 11.8 Å². The monoisotopic (exact) mass is 428 g/mol. The molecule has 1 aliphatic rings. The maximum absolute atomic E-state index is 12.8. The Morgan fingerprint density at radius 2 is 1.93 bits per heavy atom. The molecule has 7 nitrogen and oxygen atoms in total. The van der Waals surface area contributed by atoms with E-state index in [4.69, 9.17) is 10.2 Å². The minimum absolute atomic E-state index is 0. The summed E-state index contributed by atoms with van der Waals surface area (Å²) in [6.45, 7) is -0.731. The van der Waals surface area contributed by atoms with Crippen LogP contribution in [0.1, 0.15) is 29.8 Å². The largest absolute Gasteiger partial charge is 0.444 e. The molecular weight excluding hydrogens is 406 g/mol. The number of hydrogen-bond donors (Lipinski definition) is 2. The van der Waals surface area contributed by atoms with E-state index in [9.17, 15) is 18.4 Å². The summed E-state index contributed by atoms with van der Waals surface area (Å²) in [5.74, 6) is -3.23. The number of nitrogens with zero attached hydrogens (tertiary/aromatic N) is 2. The average Bonchev–Trinajstić information content (AvgIpc) is 3.16. The number of nitrogens with two attached hydrogens (primary N) is 1. The molecule has 1 aromatic heterocycles. The summed E-state index contributed by atoms with van der Waals surface area (Å²) in [4.78, 5) is 29.2. The van der Waals surface area contributed by atoms with Gasteiger partial charge in [-0.1, -0.05) is 18.2 Å². The molecule has 0 radical (unpaired) electrons. The van der Waals surface area contributed by atoms with Gasteiger partial charge in [-0.15, -0.1) is 12.4 Å². The van der Waals surface area contributed by atoms with Gasteiger partial charge in [0.15, 0.2) is 5.69 Å². The third-order valence-corrected chi connectivity index (χ3v) is 4.46. The molecule has 2 aromatic rings. The van der Waals surface area contributed by atoms with Gasteiger partial charge in [-0.05, 0) is 31.4 Å². The summed E-state index contributed by atoms with van der Waals surface area (Å²) >= 11 is 0. The van der Waals surface area contributed by atoms with Crippen molar-refractivity contribution in [2.45, 2.75) is 31.2 Å². The Labute approximate surface area is 173 Å². The first-order valence-corrected chi connectivity index (χ1v) is 9.07. The van der Waals surface area contributed by atoms with Crippen molar-refractivity contribution < 1.29 is 22.8 Å². The molecular formula is C19H23ClF2N4O3. The second-order valence-electron chi connectivity index (χ2n) is 6.81. The van der Waals surface area contributed by atoms with Crippen molar-refractivity contribution in [1.29, 1.82) is 0 Å². The quantitative estimate of drug-likeness (QED) is 0.629. The fourth-order valence-corrected chi connectivity index (χ4v) is 2.90. The number of rotatable bonds is 8. The lowest BCUT2D eigenvalue weighted by molar-refractivity contribution is -0.167. The van der Waals surface area contributed by atoms with Gasteiger partial charge in [-0.25, -0.2) is 13.8 Å². The van der Waals surface area contributed by atoms with Crippen LogP contribution in [0.2, 0.25) is 0 Å². The van der Waals surface area contributed by atoms with Crippen LogP contribution in [0.4, 0.5) is 8.78 Å². The first-order valence-electron chi connectivity index (χ1n) is 9.07. The number of halogens is 3. The average molecular weight is 429 g/mol. The lowest BCUT2D eigenvalue weighted by atomic mass is 10.1. The normalized spacial score (nSPS) is 15.8. The third-order valence-electron chi connectivity index (χ3n) is 4.46. The Balaban J connectivity index is 0.00000300. The molecule has 1 aliphatic heterocycles. The number of benzene rings is 1. The lowest BCUT2D eigenvalue weighted by Crippen LogP contribution is -2.61. The highest BCUT2D eigenvalue weighted by molar-refractivity contribution is 5.92. The molecule has 2 amide bonds. The van der Waals surface area contributed by atoms with E-state index in [1.807, 2.05) is 30.3 Å². The summed E-state index contributed by atoms with van der Waals surface area (Å²) in [5, 5.41) is 2.73. The maximum atomic E-state index is 12.8. The van der Waals surface area contributed by atoms with Crippen LogP contribution in [0.5, 0.6) is 0 Å². The molecule has 1 fully saturated rings. The fraction of sp³-hybridized carbons (Fsp3) is 0.421. The van der Waals surface area contributed by atoms with Gasteiger partial charge in [-0.3, -0.25) is 9.59 Å². The van der Waals surface area contributed by atoms with Crippen molar-refractivity contribution >= 4 is 24.2 Å². The van der Waals surface area contributed by atoms with Crippen molar-refractivity contribution in [1.82, 2.24) is 15.2 Å². The summed E-state index contributed by atoms with van der Waals surface area (Å²) < 4.78 is 30.9. The molecule has 2 heterocycles. The Hall–Kier alpha value is -2.52. The second kappa shape index (κ2) is 9.80. The van der Waals surface area contributed by atoms with Crippen LogP contribution in [0.15, 0.2) is 41.0 Å². The zero-order chi connectivity index (χ0) is 20.1. The zero-order valence-corrected chi connectivity index (χ0v) is 16.5. The van der Waals surface area contributed by atoms with Gasteiger partial charge in [-0.2, -0.15) is 0 Å². The highest BCUT2D eigenvalue weighted by Crippen LogP contribution is 2.27. The van der Waals surface area contributed by atoms with Crippen molar-refractivity contribution in [3.8, 4) is 11.5 Å². The molecule has 0 unspecified atom stereocenters.